The van der Waals surface area contributed by atoms with Gasteiger partial charge in [-0.15, -0.1) is 0 Å². The molecule has 0 atom stereocenters. The summed E-state index contributed by atoms with van der Waals surface area (Å²) in [5.41, 5.74) is 1.91. The van der Waals surface area contributed by atoms with E-state index < -0.39 is 5.92 Å². The van der Waals surface area contributed by atoms with Crippen LogP contribution in [0.25, 0.3) is 5.70 Å². The van der Waals surface area contributed by atoms with E-state index in [1.807, 2.05) is 24.3 Å². The van der Waals surface area contributed by atoms with Crippen LogP contribution in [-0.2, 0) is 6.42 Å². The fraction of sp³-hybridized carbons (Fsp3) is 0.312. The molecule has 0 spiro atoms. The summed E-state index contributed by atoms with van der Waals surface area (Å²) in [4.78, 5) is 3.87. The van der Waals surface area contributed by atoms with Gasteiger partial charge in [0, 0.05) is 6.92 Å². The number of nitrogens with zero attached hydrogens (tertiary/aromatic N) is 1. The summed E-state index contributed by atoms with van der Waals surface area (Å²) >= 11 is 0. The summed E-state index contributed by atoms with van der Waals surface area (Å²) in [5.74, 6) is -3.01. The number of hydrogen-bond acceptors (Lipinski definition) is 1. The minimum atomic E-state index is -3.01. The van der Waals surface area contributed by atoms with Crippen molar-refractivity contribution in [3.63, 3.8) is 0 Å². The van der Waals surface area contributed by atoms with E-state index in [2.05, 4.69) is 25.1 Å². The Morgan fingerprint density at radius 3 is 2.32 bits per heavy atom. The van der Waals surface area contributed by atoms with Crippen LogP contribution in [0.1, 0.15) is 31.4 Å². The number of halogens is 2. The molecule has 0 fully saturated rings. The molecule has 0 aliphatic carbocycles. The Kier molecular flexibility index (Phi) is 5.16. The standard InChI is InChI=1S/C16H19F2N/c1-5-7-13-8-10-14(11-9-13)12(3)19-15(6-2)16(4,17)18/h6,8-11H,2-3,5,7H2,1,4H3. The minimum absolute atomic E-state index is 0.319. The van der Waals surface area contributed by atoms with Crippen molar-refractivity contribution in [1.82, 2.24) is 0 Å². The summed E-state index contributed by atoms with van der Waals surface area (Å²) < 4.78 is 26.4. The SMILES string of the molecule is C=CC(=NC(=C)c1ccc(CCC)cc1)C(C)(F)F. The molecular weight excluding hydrogens is 244 g/mol. The summed E-state index contributed by atoms with van der Waals surface area (Å²) in [6.45, 7) is 10.00. The molecule has 102 valence electrons. The Bertz CT molecular complexity index is 478. The smallest absolute Gasteiger partial charge is 0.247 e. The zero-order valence-corrected chi connectivity index (χ0v) is 11.4. The Hall–Kier alpha value is -1.77. The van der Waals surface area contributed by atoms with Crippen LogP contribution in [0.3, 0.4) is 0 Å². The summed E-state index contributed by atoms with van der Waals surface area (Å²) in [6, 6.07) is 7.64. The number of aryl methyl sites for hydroxylation is 1. The van der Waals surface area contributed by atoms with E-state index in [0.29, 0.717) is 5.70 Å². The molecule has 1 nitrogen and oxygen atoms in total. The Morgan fingerprint density at radius 2 is 1.89 bits per heavy atom. The molecule has 1 aromatic rings. The van der Waals surface area contributed by atoms with E-state index in [9.17, 15) is 8.78 Å². The van der Waals surface area contributed by atoms with Gasteiger partial charge < -0.3 is 0 Å². The highest BCUT2D eigenvalue weighted by Crippen LogP contribution is 2.21. The van der Waals surface area contributed by atoms with E-state index >= 15 is 0 Å². The van der Waals surface area contributed by atoms with Crippen LogP contribution in [0, 0.1) is 0 Å². The fourth-order valence-electron chi connectivity index (χ4n) is 1.69. The molecule has 0 bridgehead atoms. The number of alkyl halides is 2. The average Bonchev–Trinajstić information content (AvgIpc) is 2.35. The maximum atomic E-state index is 13.2. The Balaban J connectivity index is 2.94. The maximum Gasteiger partial charge on any atom is 0.286 e. The molecule has 0 amide bonds. The van der Waals surface area contributed by atoms with Crippen molar-refractivity contribution in [2.24, 2.45) is 4.99 Å². The third-order valence-electron chi connectivity index (χ3n) is 2.72. The van der Waals surface area contributed by atoms with E-state index in [-0.39, 0.29) is 5.71 Å². The summed E-state index contributed by atoms with van der Waals surface area (Å²) in [5, 5.41) is 0. The van der Waals surface area contributed by atoms with Crippen molar-refractivity contribution in [3.8, 4) is 0 Å². The predicted molar refractivity (Wildman–Crippen MR) is 77.7 cm³/mol. The van der Waals surface area contributed by atoms with Crippen molar-refractivity contribution in [1.29, 1.82) is 0 Å². The number of rotatable bonds is 6. The molecule has 0 heterocycles. The molecule has 0 unspecified atom stereocenters. The van der Waals surface area contributed by atoms with Gasteiger partial charge in [0.25, 0.3) is 5.92 Å². The van der Waals surface area contributed by atoms with Gasteiger partial charge in [-0.25, -0.2) is 4.99 Å². The lowest BCUT2D eigenvalue weighted by Crippen LogP contribution is -2.22. The molecule has 0 saturated carbocycles. The second-order valence-electron chi connectivity index (χ2n) is 4.48. The van der Waals surface area contributed by atoms with Gasteiger partial charge in [-0.3, -0.25) is 0 Å². The van der Waals surface area contributed by atoms with Crippen LogP contribution >= 0.6 is 0 Å². The quantitative estimate of drug-likeness (QED) is 0.648. The van der Waals surface area contributed by atoms with E-state index in [4.69, 9.17) is 0 Å². The van der Waals surface area contributed by atoms with Crippen LogP contribution in [0.15, 0.2) is 48.5 Å². The summed E-state index contributed by atoms with van der Waals surface area (Å²) in [7, 11) is 0. The monoisotopic (exact) mass is 263 g/mol. The first-order valence-corrected chi connectivity index (χ1v) is 6.26. The Labute approximate surface area is 113 Å². The maximum absolute atomic E-state index is 13.2. The van der Waals surface area contributed by atoms with Gasteiger partial charge in [0.1, 0.15) is 5.71 Å². The molecule has 0 aromatic heterocycles. The number of aliphatic imine (C=N–C) groups is 1. The first kappa shape index (κ1) is 15.3. The molecule has 1 aromatic carbocycles. The zero-order chi connectivity index (χ0) is 14.5. The van der Waals surface area contributed by atoms with Gasteiger partial charge >= 0.3 is 0 Å². The van der Waals surface area contributed by atoms with Crippen molar-refractivity contribution < 1.29 is 8.78 Å². The fourth-order valence-corrected chi connectivity index (χ4v) is 1.69. The molecule has 19 heavy (non-hydrogen) atoms. The Morgan fingerprint density at radius 1 is 1.32 bits per heavy atom. The average molecular weight is 263 g/mol. The second-order valence-corrected chi connectivity index (χ2v) is 4.48. The van der Waals surface area contributed by atoms with E-state index in [1.165, 1.54) is 5.56 Å². The molecule has 0 radical (unpaired) electrons. The third kappa shape index (κ3) is 4.43. The molecule has 3 heteroatoms. The van der Waals surface area contributed by atoms with Crippen LogP contribution in [0.5, 0.6) is 0 Å². The summed E-state index contributed by atoms with van der Waals surface area (Å²) in [6.07, 6.45) is 3.14. The molecular formula is C16H19F2N. The molecule has 0 aliphatic rings. The number of allylic oxidation sites excluding steroid dienone is 1. The first-order valence-electron chi connectivity index (χ1n) is 6.26. The molecule has 0 N–H and O–H groups in total. The molecule has 0 aliphatic heterocycles. The molecule has 0 saturated heterocycles. The second kappa shape index (κ2) is 6.41. The van der Waals surface area contributed by atoms with Gasteiger partial charge in [-0.05, 0) is 23.6 Å². The van der Waals surface area contributed by atoms with Crippen molar-refractivity contribution in [2.75, 3.05) is 0 Å². The highest BCUT2D eigenvalue weighted by atomic mass is 19.3. The first-order chi connectivity index (χ1) is 8.88. The highest BCUT2D eigenvalue weighted by molar-refractivity contribution is 6.02. The van der Waals surface area contributed by atoms with Gasteiger partial charge in [-0.1, -0.05) is 50.8 Å². The topological polar surface area (TPSA) is 12.4 Å². The van der Waals surface area contributed by atoms with Crippen molar-refractivity contribution in [2.45, 2.75) is 32.6 Å². The lowest BCUT2D eigenvalue weighted by molar-refractivity contribution is 0.102. The van der Waals surface area contributed by atoms with E-state index in [1.54, 1.807) is 0 Å². The lowest BCUT2D eigenvalue weighted by Gasteiger charge is -2.11. The third-order valence-corrected chi connectivity index (χ3v) is 2.72. The van der Waals surface area contributed by atoms with Crippen LogP contribution in [-0.4, -0.2) is 11.6 Å². The van der Waals surface area contributed by atoms with Crippen LogP contribution in [0.4, 0.5) is 8.78 Å². The highest BCUT2D eigenvalue weighted by Gasteiger charge is 2.27. The van der Waals surface area contributed by atoms with E-state index in [0.717, 1.165) is 31.4 Å². The largest absolute Gasteiger partial charge is 0.286 e. The van der Waals surface area contributed by atoms with Gasteiger partial charge in [-0.2, -0.15) is 8.78 Å². The van der Waals surface area contributed by atoms with Crippen molar-refractivity contribution >= 4 is 11.4 Å². The number of benzene rings is 1. The minimum Gasteiger partial charge on any atom is -0.247 e. The van der Waals surface area contributed by atoms with Gasteiger partial charge in [0.2, 0.25) is 0 Å². The number of hydrogen-bond donors (Lipinski definition) is 0. The predicted octanol–water partition coefficient (Wildman–Crippen LogP) is 4.89. The molecule has 1 rings (SSSR count). The van der Waals surface area contributed by atoms with Crippen LogP contribution in [0.2, 0.25) is 0 Å². The van der Waals surface area contributed by atoms with Crippen molar-refractivity contribution in [3.05, 3.63) is 54.6 Å². The van der Waals surface area contributed by atoms with Gasteiger partial charge in [0.05, 0.1) is 5.70 Å². The van der Waals surface area contributed by atoms with Gasteiger partial charge in [0.15, 0.2) is 0 Å². The zero-order valence-electron chi connectivity index (χ0n) is 11.4. The normalized spacial score (nSPS) is 12.3. The van der Waals surface area contributed by atoms with Crippen LogP contribution < -0.4 is 0 Å². The lowest BCUT2D eigenvalue weighted by atomic mass is 10.1.